The Morgan fingerprint density at radius 1 is 1.00 bits per heavy atom. The summed E-state index contributed by atoms with van der Waals surface area (Å²) in [5, 5.41) is 18.4. The lowest BCUT2D eigenvalue weighted by atomic mass is 10.2. The van der Waals surface area contributed by atoms with E-state index in [1.807, 2.05) is 19.2 Å². The van der Waals surface area contributed by atoms with E-state index < -0.39 is 11.7 Å². The fourth-order valence-corrected chi connectivity index (χ4v) is 3.00. The molecule has 9 heteroatoms. The van der Waals surface area contributed by atoms with E-state index in [9.17, 15) is 9.18 Å². The molecule has 2 aromatic carbocycles. The first-order valence-electron chi connectivity index (χ1n) is 8.98. The van der Waals surface area contributed by atoms with Crippen LogP contribution in [0.25, 0.3) is 5.82 Å². The van der Waals surface area contributed by atoms with Crippen LogP contribution in [0, 0.1) is 12.7 Å². The highest BCUT2D eigenvalue weighted by Crippen LogP contribution is 2.22. The van der Waals surface area contributed by atoms with E-state index in [-0.39, 0.29) is 10.6 Å². The van der Waals surface area contributed by atoms with Crippen LogP contribution in [0.15, 0.2) is 66.9 Å². The molecule has 0 fully saturated rings. The van der Waals surface area contributed by atoms with E-state index in [0.717, 1.165) is 11.4 Å². The summed E-state index contributed by atoms with van der Waals surface area (Å²) in [6.07, 6.45) is 1.81. The van der Waals surface area contributed by atoms with Gasteiger partial charge in [0, 0.05) is 17.6 Å². The number of amides is 1. The normalized spacial score (nSPS) is 10.6. The molecule has 2 N–H and O–H groups in total. The van der Waals surface area contributed by atoms with Crippen molar-refractivity contribution < 1.29 is 9.18 Å². The molecule has 7 nitrogen and oxygen atoms in total. The molecule has 0 aliphatic carbocycles. The van der Waals surface area contributed by atoms with Crippen molar-refractivity contribution in [3.8, 4) is 5.82 Å². The molecule has 30 heavy (non-hydrogen) atoms. The fourth-order valence-electron chi connectivity index (χ4n) is 2.75. The Morgan fingerprint density at radius 3 is 2.40 bits per heavy atom. The molecule has 0 saturated heterocycles. The monoisotopic (exact) mass is 422 g/mol. The molecule has 0 aliphatic rings. The summed E-state index contributed by atoms with van der Waals surface area (Å²) >= 11 is 5.93. The first-order valence-corrected chi connectivity index (χ1v) is 9.36. The molecule has 0 saturated carbocycles. The zero-order valence-electron chi connectivity index (χ0n) is 15.8. The van der Waals surface area contributed by atoms with Gasteiger partial charge in [0.15, 0.2) is 11.6 Å². The molecule has 0 radical (unpaired) electrons. The summed E-state index contributed by atoms with van der Waals surface area (Å²) in [6, 6.07) is 16.4. The van der Waals surface area contributed by atoms with Gasteiger partial charge in [0.2, 0.25) is 0 Å². The van der Waals surface area contributed by atoms with Crippen molar-refractivity contribution in [1.82, 2.24) is 20.0 Å². The van der Waals surface area contributed by atoms with Gasteiger partial charge < -0.3 is 10.6 Å². The van der Waals surface area contributed by atoms with Crippen molar-refractivity contribution in [2.75, 3.05) is 10.6 Å². The molecule has 4 aromatic rings. The Bertz CT molecular complexity index is 1170. The zero-order chi connectivity index (χ0) is 21.1. The van der Waals surface area contributed by atoms with Crippen molar-refractivity contribution >= 4 is 34.7 Å². The zero-order valence-corrected chi connectivity index (χ0v) is 16.6. The third kappa shape index (κ3) is 4.28. The molecule has 0 spiro atoms. The molecule has 0 atom stereocenters. The molecular weight excluding hydrogens is 407 g/mol. The number of halogens is 2. The number of hydrogen-bond donors (Lipinski definition) is 2. The summed E-state index contributed by atoms with van der Waals surface area (Å²) in [5.74, 6) is -0.129. The third-order valence-corrected chi connectivity index (χ3v) is 4.53. The minimum absolute atomic E-state index is 0.0538. The molecule has 0 bridgehead atoms. The fraction of sp³-hybridized carbons (Fsp3) is 0.0476. The number of rotatable bonds is 5. The Hall–Kier alpha value is -3.78. The lowest BCUT2D eigenvalue weighted by Gasteiger charge is -2.09. The summed E-state index contributed by atoms with van der Waals surface area (Å²) in [7, 11) is 0. The number of carbonyl (C=O) groups excluding carboxylic acids is 1. The van der Waals surface area contributed by atoms with Crippen molar-refractivity contribution in [3.63, 3.8) is 0 Å². The Balaban J connectivity index is 1.42. The number of anilines is 3. The number of nitrogens with zero attached hydrogens (tertiary/aromatic N) is 4. The van der Waals surface area contributed by atoms with E-state index >= 15 is 0 Å². The maximum absolute atomic E-state index is 13.9. The van der Waals surface area contributed by atoms with Crippen molar-refractivity contribution in [3.05, 3.63) is 89.0 Å². The number of aromatic nitrogens is 4. The van der Waals surface area contributed by atoms with Crippen LogP contribution < -0.4 is 10.6 Å². The quantitative estimate of drug-likeness (QED) is 0.484. The van der Waals surface area contributed by atoms with Crippen molar-refractivity contribution in [2.45, 2.75) is 6.92 Å². The molecule has 1 amide bonds. The van der Waals surface area contributed by atoms with Gasteiger partial charge in [-0.15, -0.1) is 10.2 Å². The predicted octanol–water partition coefficient (Wildman–Crippen LogP) is 4.76. The van der Waals surface area contributed by atoms with Crippen LogP contribution in [0.5, 0.6) is 0 Å². The van der Waals surface area contributed by atoms with E-state index in [4.69, 9.17) is 11.6 Å². The minimum Gasteiger partial charge on any atom is -0.339 e. The second-order valence-electron chi connectivity index (χ2n) is 6.43. The van der Waals surface area contributed by atoms with E-state index in [1.165, 1.54) is 18.2 Å². The van der Waals surface area contributed by atoms with Gasteiger partial charge in [0.05, 0.1) is 16.3 Å². The van der Waals surface area contributed by atoms with Gasteiger partial charge in [0.1, 0.15) is 5.82 Å². The van der Waals surface area contributed by atoms with E-state index in [2.05, 4.69) is 25.9 Å². The number of hydrogen-bond acceptors (Lipinski definition) is 5. The van der Waals surface area contributed by atoms with Crippen molar-refractivity contribution in [2.24, 2.45) is 0 Å². The van der Waals surface area contributed by atoms with Crippen LogP contribution in [-0.4, -0.2) is 25.9 Å². The SMILES string of the molecule is Cc1ccn(-c2ccc(Nc3ccc(NC(=O)c4c(F)cccc4Cl)cc3)nn2)n1. The molecule has 2 heterocycles. The predicted molar refractivity (Wildman–Crippen MR) is 113 cm³/mol. The summed E-state index contributed by atoms with van der Waals surface area (Å²) in [5.41, 5.74) is 1.95. The van der Waals surface area contributed by atoms with Crippen LogP contribution in [0.3, 0.4) is 0 Å². The molecule has 0 aliphatic heterocycles. The standard InChI is InChI=1S/C21H16ClFN6O/c1-13-11-12-29(28-13)19-10-9-18(26-27-19)24-14-5-7-15(8-6-14)25-21(30)20-16(22)3-2-4-17(20)23/h2-12H,1H3,(H,24,26)(H,25,30). The maximum atomic E-state index is 13.9. The van der Waals surface area contributed by atoms with Gasteiger partial charge in [-0.1, -0.05) is 17.7 Å². The Morgan fingerprint density at radius 2 is 1.77 bits per heavy atom. The van der Waals surface area contributed by atoms with Crippen LogP contribution in [0.2, 0.25) is 5.02 Å². The summed E-state index contributed by atoms with van der Waals surface area (Å²) < 4.78 is 15.5. The smallest absolute Gasteiger partial charge is 0.260 e. The van der Waals surface area contributed by atoms with E-state index in [0.29, 0.717) is 17.3 Å². The van der Waals surface area contributed by atoms with Crippen molar-refractivity contribution in [1.29, 1.82) is 0 Å². The number of nitrogens with one attached hydrogen (secondary N) is 2. The second kappa shape index (κ2) is 8.30. The lowest BCUT2D eigenvalue weighted by Crippen LogP contribution is -2.14. The first kappa shape index (κ1) is 19.5. The van der Waals surface area contributed by atoms with E-state index in [1.54, 1.807) is 41.1 Å². The average Bonchev–Trinajstić information content (AvgIpc) is 3.16. The van der Waals surface area contributed by atoms with Gasteiger partial charge in [-0.05, 0) is 61.5 Å². The second-order valence-corrected chi connectivity index (χ2v) is 6.84. The Labute approximate surface area is 176 Å². The van der Waals surface area contributed by atoms with Gasteiger partial charge in [-0.2, -0.15) is 5.10 Å². The van der Waals surface area contributed by atoms with Crippen LogP contribution in [0.1, 0.15) is 16.1 Å². The van der Waals surface area contributed by atoms with Gasteiger partial charge in [-0.25, -0.2) is 9.07 Å². The van der Waals surface area contributed by atoms with Gasteiger partial charge >= 0.3 is 0 Å². The highest BCUT2D eigenvalue weighted by Gasteiger charge is 2.15. The third-order valence-electron chi connectivity index (χ3n) is 4.21. The summed E-state index contributed by atoms with van der Waals surface area (Å²) in [6.45, 7) is 1.90. The highest BCUT2D eigenvalue weighted by atomic mass is 35.5. The molecule has 4 rings (SSSR count). The first-order chi connectivity index (χ1) is 14.5. The topological polar surface area (TPSA) is 84.7 Å². The van der Waals surface area contributed by atoms with Crippen LogP contribution >= 0.6 is 11.6 Å². The number of carbonyl (C=O) groups is 1. The lowest BCUT2D eigenvalue weighted by molar-refractivity contribution is 0.102. The highest BCUT2D eigenvalue weighted by molar-refractivity contribution is 6.34. The summed E-state index contributed by atoms with van der Waals surface area (Å²) in [4.78, 5) is 12.3. The van der Waals surface area contributed by atoms with Crippen LogP contribution in [-0.2, 0) is 0 Å². The van der Waals surface area contributed by atoms with Gasteiger partial charge in [-0.3, -0.25) is 4.79 Å². The van der Waals surface area contributed by atoms with Crippen LogP contribution in [0.4, 0.5) is 21.6 Å². The largest absolute Gasteiger partial charge is 0.339 e. The molecule has 0 unspecified atom stereocenters. The maximum Gasteiger partial charge on any atom is 0.260 e. The molecule has 150 valence electrons. The Kier molecular flexibility index (Phi) is 5.40. The molecular formula is C21H16ClFN6O. The number of benzene rings is 2. The molecule has 2 aromatic heterocycles. The van der Waals surface area contributed by atoms with Gasteiger partial charge in [0.25, 0.3) is 5.91 Å². The average molecular weight is 423 g/mol. The minimum atomic E-state index is -0.675. The number of aryl methyl sites for hydroxylation is 1.